The fraction of sp³-hybridized carbons (Fsp3) is 0.400. The molecule has 0 atom stereocenters. The molecular formula is C15H20O6S. The molecule has 0 saturated carbocycles. The van der Waals surface area contributed by atoms with Crippen molar-refractivity contribution in [3.8, 4) is 5.75 Å². The molecule has 0 heterocycles. The molecule has 0 amide bonds. The van der Waals surface area contributed by atoms with Gasteiger partial charge in [-0.15, -0.1) is 0 Å². The van der Waals surface area contributed by atoms with Gasteiger partial charge in [0.1, 0.15) is 10.6 Å². The highest BCUT2D eigenvalue weighted by atomic mass is 32.2. The minimum absolute atomic E-state index is 0.182. The van der Waals surface area contributed by atoms with E-state index in [1.807, 2.05) is 0 Å². The Labute approximate surface area is 130 Å². The van der Waals surface area contributed by atoms with E-state index in [4.69, 9.17) is 14.0 Å². The van der Waals surface area contributed by atoms with Gasteiger partial charge < -0.3 is 9.47 Å². The summed E-state index contributed by atoms with van der Waals surface area (Å²) in [5.74, 6) is -1.29. The Morgan fingerprint density at radius 1 is 1.23 bits per heavy atom. The second kappa shape index (κ2) is 8.55. The maximum Gasteiger partial charge on any atom is 0.373 e. The summed E-state index contributed by atoms with van der Waals surface area (Å²) in [5.41, 5.74) is 0. The van der Waals surface area contributed by atoms with E-state index < -0.39 is 21.0 Å². The normalized spacial score (nSPS) is 11.0. The quantitative estimate of drug-likeness (QED) is 0.246. The van der Waals surface area contributed by atoms with E-state index in [9.17, 15) is 13.2 Å². The average Bonchev–Trinajstić information content (AvgIpc) is 2.46. The van der Waals surface area contributed by atoms with E-state index in [0.29, 0.717) is 0 Å². The number of hydrogen-bond acceptors (Lipinski definition) is 5. The van der Waals surface area contributed by atoms with Gasteiger partial charge in [-0.25, -0.2) is 4.79 Å². The lowest BCUT2D eigenvalue weighted by Crippen LogP contribution is -2.14. The summed E-state index contributed by atoms with van der Waals surface area (Å²) in [5, 5.41) is 0. The molecular weight excluding hydrogens is 308 g/mol. The van der Waals surface area contributed by atoms with Gasteiger partial charge >= 0.3 is 5.97 Å². The molecule has 6 nitrogen and oxygen atoms in total. The van der Waals surface area contributed by atoms with Crippen LogP contribution in [0.1, 0.15) is 32.6 Å². The van der Waals surface area contributed by atoms with Crippen LogP contribution in [0.5, 0.6) is 5.75 Å². The molecule has 7 heteroatoms. The zero-order valence-electron chi connectivity index (χ0n) is 12.4. The number of unbranched alkanes of at least 4 members (excludes halogenated alkanes) is 3. The van der Waals surface area contributed by atoms with Crippen LogP contribution in [-0.4, -0.2) is 25.5 Å². The van der Waals surface area contributed by atoms with Crippen LogP contribution in [0.4, 0.5) is 0 Å². The maximum absolute atomic E-state index is 11.7. The molecule has 0 saturated heterocycles. The molecule has 0 radical (unpaired) electrons. The number of benzene rings is 1. The third kappa shape index (κ3) is 5.87. The molecule has 122 valence electrons. The third-order valence-electron chi connectivity index (χ3n) is 2.82. The minimum atomic E-state index is -4.45. The van der Waals surface area contributed by atoms with Gasteiger partial charge in [0.15, 0.2) is 0 Å². The van der Waals surface area contributed by atoms with Crippen molar-refractivity contribution in [2.75, 3.05) is 6.61 Å². The molecule has 0 unspecified atom stereocenters. The second-order valence-corrected chi connectivity index (χ2v) is 6.03. The number of rotatable bonds is 9. The van der Waals surface area contributed by atoms with Crippen molar-refractivity contribution in [1.29, 1.82) is 0 Å². The van der Waals surface area contributed by atoms with Crippen molar-refractivity contribution < 1.29 is 27.2 Å². The molecule has 0 bridgehead atoms. The molecule has 22 heavy (non-hydrogen) atoms. The highest BCUT2D eigenvalue weighted by Crippen LogP contribution is 2.24. The average molecular weight is 328 g/mol. The summed E-state index contributed by atoms with van der Waals surface area (Å²) in [6.45, 7) is 5.74. The minimum Gasteiger partial charge on any atom is -0.460 e. The molecule has 1 aromatic carbocycles. The van der Waals surface area contributed by atoms with Crippen LogP contribution < -0.4 is 4.74 Å². The van der Waals surface area contributed by atoms with Crippen molar-refractivity contribution in [2.45, 2.75) is 37.5 Å². The third-order valence-corrected chi connectivity index (χ3v) is 3.71. The van der Waals surface area contributed by atoms with Crippen LogP contribution in [-0.2, 0) is 19.6 Å². The van der Waals surface area contributed by atoms with Crippen LogP contribution in [0.25, 0.3) is 0 Å². The summed E-state index contributed by atoms with van der Waals surface area (Å²) in [6.07, 6.45) is 3.85. The Balaban J connectivity index is 2.60. The summed E-state index contributed by atoms with van der Waals surface area (Å²) in [7, 11) is -4.45. The van der Waals surface area contributed by atoms with Gasteiger partial charge in [-0.3, -0.25) is 4.55 Å². The van der Waals surface area contributed by atoms with E-state index in [1.54, 1.807) is 0 Å². The highest BCUT2D eigenvalue weighted by Gasteiger charge is 2.19. The topological polar surface area (TPSA) is 89.9 Å². The number of carbonyl (C=O) groups excluding carboxylic acids is 1. The Morgan fingerprint density at radius 3 is 2.55 bits per heavy atom. The molecule has 0 fully saturated rings. The Bertz CT molecular complexity index is 621. The summed E-state index contributed by atoms with van der Waals surface area (Å²) < 4.78 is 41.6. The first-order valence-corrected chi connectivity index (χ1v) is 8.40. The summed E-state index contributed by atoms with van der Waals surface area (Å²) in [4.78, 5) is 11.2. The fourth-order valence-corrected chi connectivity index (χ4v) is 2.31. The van der Waals surface area contributed by atoms with E-state index in [0.717, 1.165) is 31.7 Å². The molecule has 0 aromatic heterocycles. The lowest BCUT2D eigenvalue weighted by molar-refractivity contribution is -0.141. The molecule has 1 N–H and O–H groups in total. The van der Waals surface area contributed by atoms with Crippen molar-refractivity contribution in [1.82, 2.24) is 0 Å². The van der Waals surface area contributed by atoms with Gasteiger partial charge in [-0.1, -0.05) is 38.3 Å². The molecule has 0 aliphatic heterocycles. The van der Waals surface area contributed by atoms with E-state index in [1.165, 1.54) is 18.2 Å². The predicted molar refractivity (Wildman–Crippen MR) is 81.1 cm³/mol. The second-order valence-electron chi connectivity index (χ2n) is 4.64. The van der Waals surface area contributed by atoms with Crippen LogP contribution in [0.2, 0.25) is 0 Å². The van der Waals surface area contributed by atoms with Crippen molar-refractivity contribution in [3.63, 3.8) is 0 Å². The Kier molecular flexibility index (Phi) is 7.07. The summed E-state index contributed by atoms with van der Waals surface area (Å²) in [6, 6.07) is 5.40. The number of para-hydroxylation sites is 1. The van der Waals surface area contributed by atoms with Gasteiger partial charge in [0, 0.05) is 0 Å². The first-order chi connectivity index (χ1) is 10.4. The monoisotopic (exact) mass is 328 g/mol. The maximum atomic E-state index is 11.7. The Morgan fingerprint density at radius 2 is 1.91 bits per heavy atom. The first-order valence-electron chi connectivity index (χ1n) is 6.96. The van der Waals surface area contributed by atoms with Crippen LogP contribution in [0.15, 0.2) is 41.5 Å². The lowest BCUT2D eigenvalue weighted by atomic mass is 10.2. The first kappa shape index (κ1) is 18.2. The van der Waals surface area contributed by atoms with Crippen LogP contribution in [0, 0.1) is 0 Å². The smallest absolute Gasteiger partial charge is 0.373 e. The molecule has 0 spiro atoms. The largest absolute Gasteiger partial charge is 0.460 e. The van der Waals surface area contributed by atoms with Gasteiger partial charge in [-0.2, -0.15) is 8.42 Å². The number of ether oxygens (including phenoxy) is 2. The lowest BCUT2D eigenvalue weighted by Gasteiger charge is -2.11. The van der Waals surface area contributed by atoms with Crippen molar-refractivity contribution >= 4 is 16.1 Å². The molecule has 0 aliphatic rings. The van der Waals surface area contributed by atoms with Crippen LogP contribution >= 0.6 is 0 Å². The van der Waals surface area contributed by atoms with Crippen LogP contribution in [0.3, 0.4) is 0 Å². The molecule has 1 aromatic rings. The Hall–Kier alpha value is -1.86. The van der Waals surface area contributed by atoms with E-state index in [2.05, 4.69) is 13.5 Å². The van der Waals surface area contributed by atoms with Gasteiger partial charge in [0.2, 0.25) is 5.76 Å². The van der Waals surface area contributed by atoms with Crippen molar-refractivity contribution in [3.05, 3.63) is 36.6 Å². The number of esters is 1. The van der Waals surface area contributed by atoms with Gasteiger partial charge in [0.25, 0.3) is 10.1 Å². The zero-order valence-corrected chi connectivity index (χ0v) is 13.3. The predicted octanol–water partition coefficient (Wildman–Crippen LogP) is 2.95. The zero-order chi connectivity index (χ0) is 16.6. The molecule has 1 rings (SSSR count). The highest BCUT2D eigenvalue weighted by molar-refractivity contribution is 7.86. The standard InChI is InChI=1S/C15H20O6S/c1-3-4-5-8-11-20-15(16)12(2)21-13-9-6-7-10-14(13)22(17,18)19/h6-7,9-10H,2-5,8,11H2,1H3,(H,17,18,19). The van der Waals surface area contributed by atoms with E-state index in [-0.39, 0.29) is 18.1 Å². The van der Waals surface area contributed by atoms with E-state index >= 15 is 0 Å². The number of hydrogen-bond donors (Lipinski definition) is 1. The molecule has 0 aliphatic carbocycles. The van der Waals surface area contributed by atoms with Gasteiger partial charge in [-0.05, 0) is 25.1 Å². The van der Waals surface area contributed by atoms with Gasteiger partial charge in [0.05, 0.1) is 6.61 Å². The number of carbonyl (C=O) groups is 1. The fourth-order valence-electron chi connectivity index (χ4n) is 1.70. The van der Waals surface area contributed by atoms with Crippen molar-refractivity contribution in [2.24, 2.45) is 0 Å². The summed E-state index contributed by atoms with van der Waals surface area (Å²) >= 11 is 0. The SMILES string of the molecule is C=C(Oc1ccccc1S(=O)(=O)O)C(=O)OCCCCCC.